The molecule has 1 saturated heterocycles. The first-order valence-electron chi connectivity index (χ1n) is 10.4. The Morgan fingerprint density at radius 3 is 3.03 bits per heavy atom. The molecule has 0 saturated carbocycles. The summed E-state index contributed by atoms with van der Waals surface area (Å²) in [5.41, 5.74) is 3.90. The number of anilines is 2. The molecule has 1 fully saturated rings. The fourth-order valence-electron chi connectivity index (χ4n) is 4.33. The third kappa shape index (κ3) is 3.73. The second-order valence-electron chi connectivity index (χ2n) is 8.42. The van der Waals surface area contributed by atoms with Crippen LogP contribution >= 0.6 is 0 Å². The third-order valence-electron chi connectivity index (χ3n) is 5.77. The largest absolute Gasteiger partial charge is 0.493 e. The van der Waals surface area contributed by atoms with Crippen molar-refractivity contribution >= 4 is 28.7 Å². The lowest BCUT2D eigenvalue weighted by Crippen LogP contribution is -2.25. The molecule has 1 atom stereocenters. The fourth-order valence-corrected chi connectivity index (χ4v) is 4.33. The molecular formula is C23H26N4O3. The van der Waals surface area contributed by atoms with E-state index in [4.69, 9.17) is 9.15 Å². The number of hydrogen-bond acceptors (Lipinski definition) is 6. The lowest BCUT2D eigenvalue weighted by Gasteiger charge is -2.16. The van der Waals surface area contributed by atoms with Crippen molar-refractivity contribution in [2.45, 2.75) is 12.8 Å². The van der Waals surface area contributed by atoms with Crippen LogP contribution in [0.3, 0.4) is 0 Å². The van der Waals surface area contributed by atoms with E-state index in [0.717, 1.165) is 54.9 Å². The number of nitrogens with zero attached hydrogens (tertiary/aromatic N) is 3. The summed E-state index contributed by atoms with van der Waals surface area (Å²) >= 11 is 0. The highest BCUT2D eigenvalue weighted by Crippen LogP contribution is 2.29. The number of carbonyl (C=O) groups excluding carboxylic acids is 1. The first-order chi connectivity index (χ1) is 14.5. The van der Waals surface area contributed by atoms with Gasteiger partial charge in [0.2, 0.25) is 0 Å². The van der Waals surface area contributed by atoms with Crippen molar-refractivity contribution in [3.05, 3.63) is 47.5 Å². The Balaban J connectivity index is 1.30. The molecule has 0 bridgehead atoms. The number of ether oxygens (including phenoxy) is 1. The molecule has 1 N–H and O–H groups in total. The van der Waals surface area contributed by atoms with E-state index in [1.54, 1.807) is 6.07 Å². The molecule has 3 heterocycles. The normalized spacial score (nSPS) is 18.1. The summed E-state index contributed by atoms with van der Waals surface area (Å²) in [5.74, 6) is 1.36. The molecule has 0 aliphatic carbocycles. The quantitative estimate of drug-likeness (QED) is 0.700. The molecule has 0 radical (unpaired) electrons. The lowest BCUT2D eigenvalue weighted by molar-refractivity contribution is 0.102. The number of aromatic nitrogens is 1. The van der Waals surface area contributed by atoms with E-state index in [1.807, 2.05) is 30.3 Å². The molecular weight excluding hydrogens is 380 g/mol. The third-order valence-corrected chi connectivity index (χ3v) is 5.77. The van der Waals surface area contributed by atoms with Crippen LogP contribution in [0.4, 0.5) is 11.7 Å². The van der Waals surface area contributed by atoms with E-state index in [0.29, 0.717) is 29.8 Å². The van der Waals surface area contributed by atoms with Gasteiger partial charge < -0.3 is 24.3 Å². The van der Waals surface area contributed by atoms with E-state index in [9.17, 15) is 4.79 Å². The predicted octanol–water partition coefficient (Wildman–Crippen LogP) is 3.40. The topological polar surface area (TPSA) is 70.8 Å². The molecule has 1 amide bonds. The number of hydrogen-bond donors (Lipinski definition) is 1. The van der Waals surface area contributed by atoms with Gasteiger partial charge in [-0.3, -0.25) is 4.79 Å². The van der Waals surface area contributed by atoms with Gasteiger partial charge in [0.15, 0.2) is 5.58 Å². The molecule has 7 nitrogen and oxygen atoms in total. The summed E-state index contributed by atoms with van der Waals surface area (Å²) in [5, 5.41) is 2.97. The second-order valence-corrected chi connectivity index (χ2v) is 8.42. The Bertz CT molecular complexity index is 1090. The van der Waals surface area contributed by atoms with Crippen LogP contribution in [0.1, 0.15) is 22.3 Å². The molecule has 2 aliphatic rings. The highest BCUT2D eigenvalue weighted by molar-refractivity contribution is 6.05. The molecule has 1 aromatic heterocycles. The number of oxazole rings is 1. The summed E-state index contributed by atoms with van der Waals surface area (Å²) in [6, 6.07) is 11.8. The van der Waals surface area contributed by atoms with Crippen molar-refractivity contribution < 1.29 is 13.9 Å². The monoisotopic (exact) mass is 406 g/mol. The van der Waals surface area contributed by atoms with Gasteiger partial charge in [0, 0.05) is 37.3 Å². The number of fused-ring (bicyclic) bond motifs is 2. The molecule has 0 spiro atoms. The maximum Gasteiger partial charge on any atom is 0.298 e. The van der Waals surface area contributed by atoms with Crippen LogP contribution < -0.4 is 15.0 Å². The van der Waals surface area contributed by atoms with Crippen LogP contribution in [-0.2, 0) is 6.42 Å². The van der Waals surface area contributed by atoms with Gasteiger partial charge >= 0.3 is 0 Å². The fraction of sp³-hybridized carbons (Fsp3) is 0.391. The van der Waals surface area contributed by atoms with Crippen molar-refractivity contribution in [3.63, 3.8) is 0 Å². The molecule has 5 rings (SSSR count). The van der Waals surface area contributed by atoms with Crippen molar-refractivity contribution in [2.24, 2.45) is 5.92 Å². The highest BCUT2D eigenvalue weighted by atomic mass is 16.5. The Kier molecular flexibility index (Phi) is 4.83. The van der Waals surface area contributed by atoms with E-state index < -0.39 is 0 Å². The predicted molar refractivity (Wildman–Crippen MR) is 116 cm³/mol. The molecule has 30 heavy (non-hydrogen) atoms. The van der Waals surface area contributed by atoms with Crippen molar-refractivity contribution in [1.82, 2.24) is 9.88 Å². The van der Waals surface area contributed by atoms with E-state index in [2.05, 4.69) is 34.2 Å². The van der Waals surface area contributed by atoms with Crippen molar-refractivity contribution in [3.8, 4) is 5.75 Å². The Morgan fingerprint density at radius 1 is 1.27 bits per heavy atom. The van der Waals surface area contributed by atoms with Gasteiger partial charge in [-0.1, -0.05) is 0 Å². The number of nitrogens with one attached hydrogen (secondary N) is 1. The van der Waals surface area contributed by atoms with Gasteiger partial charge in [0.05, 0.1) is 6.61 Å². The standard InChI is InChI=1S/C23H26N4O3/c1-26(2)13-15-7-9-27(14-15)23-25-19-12-18(4-6-21(19)30-23)24-22(28)17-3-5-20-16(11-17)8-10-29-20/h3-6,11-12,15H,7-10,13-14H2,1-2H3,(H,24,28). The summed E-state index contributed by atoms with van der Waals surface area (Å²) in [4.78, 5) is 21.8. The minimum atomic E-state index is -0.140. The second kappa shape index (κ2) is 7.65. The number of benzene rings is 2. The van der Waals surface area contributed by atoms with E-state index >= 15 is 0 Å². The van der Waals surface area contributed by atoms with Crippen molar-refractivity contribution in [1.29, 1.82) is 0 Å². The Morgan fingerprint density at radius 2 is 2.17 bits per heavy atom. The van der Waals surface area contributed by atoms with Crippen LogP contribution in [0, 0.1) is 5.92 Å². The van der Waals surface area contributed by atoms with Gasteiger partial charge in [0.25, 0.3) is 11.9 Å². The van der Waals surface area contributed by atoms with Gasteiger partial charge in [-0.2, -0.15) is 4.98 Å². The molecule has 2 aromatic carbocycles. The average molecular weight is 406 g/mol. The van der Waals surface area contributed by atoms with Gasteiger partial charge in [-0.25, -0.2) is 0 Å². The van der Waals surface area contributed by atoms with E-state index in [1.165, 1.54) is 0 Å². The van der Waals surface area contributed by atoms with Gasteiger partial charge in [-0.15, -0.1) is 0 Å². The summed E-state index contributed by atoms with van der Waals surface area (Å²) in [7, 11) is 4.21. The minimum Gasteiger partial charge on any atom is -0.493 e. The summed E-state index contributed by atoms with van der Waals surface area (Å²) in [6.45, 7) is 3.66. The van der Waals surface area contributed by atoms with Crippen LogP contribution in [-0.4, -0.2) is 56.1 Å². The smallest absolute Gasteiger partial charge is 0.298 e. The molecule has 156 valence electrons. The molecule has 7 heteroatoms. The number of carbonyl (C=O) groups is 1. The highest BCUT2D eigenvalue weighted by Gasteiger charge is 2.26. The van der Waals surface area contributed by atoms with Crippen LogP contribution in [0.5, 0.6) is 5.75 Å². The van der Waals surface area contributed by atoms with Crippen LogP contribution in [0.25, 0.3) is 11.1 Å². The SMILES string of the molecule is CN(C)CC1CCN(c2nc3cc(NC(=O)c4ccc5c(c4)CCO5)ccc3o2)C1. The molecule has 1 unspecified atom stereocenters. The summed E-state index contributed by atoms with van der Waals surface area (Å²) in [6.07, 6.45) is 1.99. The maximum absolute atomic E-state index is 12.7. The zero-order valence-electron chi connectivity index (χ0n) is 17.4. The van der Waals surface area contributed by atoms with Crippen molar-refractivity contribution in [2.75, 3.05) is 50.6 Å². The zero-order valence-corrected chi connectivity index (χ0v) is 17.4. The zero-order chi connectivity index (χ0) is 20.7. The van der Waals surface area contributed by atoms with Gasteiger partial charge in [0.1, 0.15) is 11.3 Å². The first kappa shape index (κ1) is 18.9. The first-order valence-corrected chi connectivity index (χ1v) is 10.4. The molecule has 3 aromatic rings. The number of rotatable bonds is 5. The minimum absolute atomic E-state index is 0.140. The van der Waals surface area contributed by atoms with Gasteiger partial charge in [-0.05, 0) is 68.4 Å². The lowest BCUT2D eigenvalue weighted by atomic mass is 10.1. The van der Waals surface area contributed by atoms with Crippen LogP contribution in [0.15, 0.2) is 40.8 Å². The Hall–Kier alpha value is -3.06. The average Bonchev–Trinajstić information content (AvgIpc) is 3.45. The number of amides is 1. The summed E-state index contributed by atoms with van der Waals surface area (Å²) < 4.78 is 11.5. The van der Waals surface area contributed by atoms with E-state index in [-0.39, 0.29) is 5.91 Å². The Labute approximate surface area is 175 Å². The maximum atomic E-state index is 12.7. The van der Waals surface area contributed by atoms with Crippen LogP contribution in [0.2, 0.25) is 0 Å². The molecule has 2 aliphatic heterocycles.